The molecule has 122 valence electrons. The molecule has 0 fully saturated rings. The highest BCUT2D eigenvalue weighted by molar-refractivity contribution is 5.84. The molecule has 0 aromatic heterocycles. The summed E-state index contributed by atoms with van der Waals surface area (Å²) in [6, 6.07) is -0.427. The van der Waals surface area contributed by atoms with E-state index in [1.54, 1.807) is 4.90 Å². The number of hydrogen-bond donors (Lipinski definition) is 2. The minimum Gasteiger partial charge on any atom is -0.481 e. The first kappa shape index (κ1) is 19.2. The van der Waals surface area contributed by atoms with Crippen molar-refractivity contribution in [1.29, 1.82) is 0 Å². The van der Waals surface area contributed by atoms with Crippen LogP contribution in [-0.2, 0) is 9.59 Å². The molecule has 0 atom stereocenters. The number of nitrogens with zero attached hydrogens (tertiary/aromatic N) is 2. The number of aliphatic carboxylic acids is 1. The number of carbonyl (C=O) groups excluding carboxylic acids is 2. The zero-order chi connectivity index (χ0) is 16.6. The molecule has 0 bridgehead atoms. The lowest BCUT2D eigenvalue weighted by molar-refractivity contribution is -0.137. The number of amides is 3. The van der Waals surface area contributed by atoms with Gasteiger partial charge in [-0.1, -0.05) is 0 Å². The Morgan fingerprint density at radius 3 is 2.00 bits per heavy atom. The molecular weight excluding hydrogens is 274 g/mol. The van der Waals surface area contributed by atoms with Crippen LogP contribution in [0.15, 0.2) is 0 Å². The Balaban J connectivity index is 4.61. The third kappa shape index (κ3) is 6.97. The number of carboxylic acid groups (broad SMARTS) is 1. The zero-order valence-electron chi connectivity index (χ0n) is 13.6. The Hall–Kier alpha value is -1.79. The van der Waals surface area contributed by atoms with E-state index < -0.39 is 17.5 Å². The fraction of sp³-hybridized carbons (Fsp3) is 0.786. The molecule has 0 radical (unpaired) electrons. The van der Waals surface area contributed by atoms with Crippen LogP contribution in [0.5, 0.6) is 0 Å². The third-order valence-corrected chi connectivity index (χ3v) is 3.11. The van der Waals surface area contributed by atoms with E-state index in [1.807, 2.05) is 34.6 Å². The number of hydrogen-bond acceptors (Lipinski definition) is 3. The Morgan fingerprint density at radius 1 is 1.10 bits per heavy atom. The van der Waals surface area contributed by atoms with Gasteiger partial charge in [-0.2, -0.15) is 0 Å². The van der Waals surface area contributed by atoms with E-state index in [9.17, 15) is 14.4 Å². The van der Waals surface area contributed by atoms with E-state index in [2.05, 4.69) is 5.32 Å². The Labute approximate surface area is 126 Å². The van der Waals surface area contributed by atoms with E-state index >= 15 is 0 Å². The largest absolute Gasteiger partial charge is 0.481 e. The number of carbonyl (C=O) groups is 3. The summed E-state index contributed by atoms with van der Waals surface area (Å²) in [4.78, 5) is 37.7. The lowest BCUT2D eigenvalue weighted by atomic mass is 10.1. The number of rotatable bonds is 7. The average molecular weight is 301 g/mol. The van der Waals surface area contributed by atoms with Gasteiger partial charge < -0.3 is 20.2 Å². The number of urea groups is 1. The van der Waals surface area contributed by atoms with Crippen LogP contribution in [0.1, 0.15) is 41.0 Å². The molecule has 2 N–H and O–H groups in total. The van der Waals surface area contributed by atoms with Crippen LogP contribution < -0.4 is 5.32 Å². The van der Waals surface area contributed by atoms with Crippen molar-refractivity contribution in [1.82, 2.24) is 15.1 Å². The molecule has 0 spiro atoms. The molecule has 0 saturated heterocycles. The van der Waals surface area contributed by atoms with Gasteiger partial charge in [0.1, 0.15) is 0 Å². The second-order valence-corrected chi connectivity index (χ2v) is 5.69. The summed E-state index contributed by atoms with van der Waals surface area (Å²) in [6.07, 6.45) is -0.130. The van der Waals surface area contributed by atoms with E-state index in [1.165, 1.54) is 4.90 Å². The van der Waals surface area contributed by atoms with Crippen molar-refractivity contribution in [2.45, 2.75) is 46.6 Å². The molecule has 0 aromatic rings. The molecule has 3 amide bonds. The van der Waals surface area contributed by atoms with Crippen molar-refractivity contribution in [3.63, 3.8) is 0 Å². The molecule has 0 aliphatic heterocycles. The van der Waals surface area contributed by atoms with Crippen molar-refractivity contribution in [3.05, 3.63) is 0 Å². The summed E-state index contributed by atoms with van der Waals surface area (Å²) in [5, 5.41) is 11.3. The van der Waals surface area contributed by atoms with E-state index in [0.717, 1.165) is 0 Å². The fourth-order valence-electron chi connectivity index (χ4n) is 1.88. The SMILES string of the molecule is CCN(CC)C(=O)CNC(=O)N(CCC(=O)O)C(C)(C)C. The monoisotopic (exact) mass is 301 g/mol. The van der Waals surface area contributed by atoms with Crippen LogP contribution in [0, 0.1) is 0 Å². The Bertz CT molecular complexity index is 373. The molecule has 7 nitrogen and oxygen atoms in total. The first-order valence-corrected chi connectivity index (χ1v) is 7.18. The van der Waals surface area contributed by atoms with Gasteiger partial charge in [-0.15, -0.1) is 0 Å². The highest BCUT2D eigenvalue weighted by atomic mass is 16.4. The maximum absolute atomic E-state index is 12.2. The Kier molecular flexibility index (Phi) is 7.76. The highest BCUT2D eigenvalue weighted by Crippen LogP contribution is 2.13. The van der Waals surface area contributed by atoms with Crippen LogP contribution in [0.4, 0.5) is 4.79 Å². The smallest absolute Gasteiger partial charge is 0.318 e. The second-order valence-electron chi connectivity index (χ2n) is 5.69. The van der Waals surface area contributed by atoms with Gasteiger partial charge in [-0.25, -0.2) is 4.79 Å². The third-order valence-electron chi connectivity index (χ3n) is 3.11. The second kappa shape index (κ2) is 8.49. The van der Waals surface area contributed by atoms with Gasteiger partial charge in [-0.05, 0) is 34.6 Å². The van der Waals surface area contributed by atoms with Crippen LogP contribution >= 0.6 is 0 Å². The topological polar surface area (TPSA) is 90.0 Å². The van der Waals surface area contributed by atoms with Gasteiger partial charge in [0.15, 0.2) is 0 Å². The fourth-order valence-corrected chi connectivity index (χ4v) is 1.88. The van der Waals surface area contributed by atoms with Gasteiger partial charge in [0, 0.05) is 25.2 Å². The Morgan fingerprint density at radius 2 is 1.62 bits per heavy atom. The van der Waals surface area contributed by atoms with Gasteiger partial charge >= 0.3 is 12.0 Å². The molecule has 0 unspecified atom stereocenters. The average Bonchev–Trinajstić information content (AvgIpc) is 2.35. The van der Waals surface area contributed by atoms with E-state index in [-0.39, 0.29) is 25.4 Å². The molecule has 0 heterocycles. The lowest BCUT2D eigenvalue weighted by Crippen LogP contribution is -2.53. The maximum atomic E-state index is 12.2. The minimum atomic E-state index is -0.962. The number of likely N-dealkylation sites (N-methyl/N-ethyl adjacent to an activating group) is 1. The summed E-state index contributed by atoms with van der Waals surface area (Å²) in [5.41, 5.74) is -0.516. The molecule has 0 rings (SSSR count). The first-order chi connectivity index (χ1) is 9.63. The van der Waals surface area contributed by atoms with Gasteiger partial charge in [0.2, 0.25) is 5.91 Å². The number of nitrogens with one attached hydrogen (secondary N) is 1. The van der Waals surface area contributed by atoms with Crippen LogP contribution in [-0.4, -0.2) is 64.5 Å². The first-order valence-electron chi connectivity index (χ1n) is 7.18. The van der Waals surface area contributed by atoms with Gasteiger partial charge in [0.05, 0.1) is 13.0 Å². The highest BCUT2D eigenvalue weighted by Gasteiger charge is 2.27. The van der Waals surface area contributed by atoms with Crippen molar-refractivity contribution in [2.75, 3.05) is 26.2 Å². The standard InChI is InChI=1S/C14H27N3O4/c1-6-16(7-2)11(18)10-15-13(21)17(14(3,4)5)9-8-12(19)20/h6-10H2,1-5H3,(H,15,21)(H,19,20). The molecular formula is C14H27N3O4. The maximum Gasteiger partial charge on any atom is 0.318 e. The van der Waals surface area contributed by atoms with Gasteiger partial charge in [0.25, 0.3) is 0 Å². The van der Waals surface area contributed by atoms with Crippen LogP contribution in [0.2, 0.25) is 0 Å². The molecule has 0 saturated carbocycles. The molecule has 0 aliphatic carbocycles. The molecule has 21 heavy (non-hydrogen) atoms. The summed E-state index contributed by atoms with van der Waals surface area (Å²) >= 11 is 0. The predicted octanol–water partition coefficient (Wildman–Crippen LogP) is 1.14. The summed E-state index contributed by atoms with van der Waals surface area (Å²) in [7, 11) is 0. The lowest BCUT2D eigenvalue weighted by Gasteiger charge is -2.35. The van der Waals surface area contributed by atoms with Crippen molar-refractivity contribution >= 4 is 17.9 Å². The molecule has 0 aliphatic rings. The van der Waals surface area contributed by atoms with E-state index in [4.69, 9.17) is 5.11 Å². The predicted molar refractivity (Wildman–Crippen MR) is 80.0 cm³/mol. The van der Waals surface area contributed by atoms with E-state index in [0.29, 0.717) is 13.1 Å². The summed E-state index contributed by atoms with van der Waals surface area (Å²) in [6.45, 7) is 10.4. The number of carboxylic acids is 1. The van der Waals surface area contributed by atoms with Crippen molar-refractivity contribution < 1.29 is 19.5 Å². The summed E-state index contributed by atoms with van der Waals surface area (Å²) in [5.74, 6) is -1.11. The van der Waals surface area contributed by atoms with Crippen LogP contribution in [0.25, 0.3) is 0 Å². The van der Waals surface area contributed by atoms with Crippen LogP contribution in [0.3, 0.4) is 0 Å². The van der Waals surface area contributed by atoms with Gasteiger partial charge in [-0.3, -0.25) is 9.59 Å². The summed E-state index contributed by atoms with van der Waals surface area (Å²) < 4.78 is 0. The normalized spacial score (nSPS) is 10.9. The van der Waals surface area contributed by atoms with Crippen molar-refractivity contribution in [2.24, 2.45) is 0 Å². The minimum absolute atomic E-state index is 0.0832. The zero-order valence-corrected chi connectivity index (χ0v) is 13.6. The van der Waals surface area contributed by atoms with Crippen molar-refractivity contribution in [3.8, 4) is 0 Å². The molecule has 0 aromatic carbocycles. The molecule has 7 heteroatoms. The quantitative estimate of drug-likeness (QED) is 0.738.